The number of benzene rings is 1. The van der Waals surface area contributed by atoms with Crippen molar-refractivity contribution in [2.45, 2.75) is 116 Å². The standard InChI is InChI=1S/C33H52N4O4/c1-3-5-6-7-8-9-10-16-24-36-25-20-33(21-26-36)31(39)35-29(30(38)37(33)23-4-2)19-14-15-22-34-32(40)41-27-28-17-12-11-13-18-28/h11-13,16-18,24,29H,3-10,14-15,19-23,25-27H2,1-2H3,(H,34,40)(H,35,39)/b24-16+/t29-/m0/s1. The number of hydrogen-bond acceptors (Lipinski definition) is 5. The molecule has 0 aliphatic carbocycles. The van der Waals surface area contributed by atoms with Gasteiger partial charge in [-0.2, -0.15) is 0 Å². The summed E-state index contributed by atoms with van der Waals surface area (Å²) in [6.45, 7) is 7.17. The third kappa shape index (κ3) is 10.1. The van der Waals surface area contributed by atoms with E-state index in [-0.39, 0.29) is 18.4 Å². The number of nitrogens with zero attached hydrogens (tertiary/aromatic N) is 2. The third-order valence-corrected chi connectivity index (χ3v) is 8.32. The zero-order valence-corrected chi connectivity index (χ0v) is 25.4. The summed E-state index contributed by atoms with van der Waals surface area (Å²) in [5.74, 6) is 0.0302. The molecule has 0 radical (unpaired) electrons. The fourth-order valence-electron chi connectivity index (χ4n) is 5.86. The van der Waals surface area contributed by atoms with Gasteiger partial charge in [0, 0.05) is 26.2 Å². The largest absolute Gasteiger partial charge is 0.445 e. The number of allylic oxidation sites excluding steroid dienone is 1. The van der Waals surface area contributed by atoms with Gasteiger partial charge in [-0.15, -0.1) is 0 Å². The van der Waals surface area contributed by atoms with Crippen LogP contribution in [0.3, 0.4) is 0 Å². The molecule has 41 heavy (non-hydrogen) atoms. The second-order valence-electron chi connectivity index (χ2n) is 11.5. The summed E-state index contributed by atoms with van der Waals surface area (Å²) in [5, 5.41) is 5.84. The number of alkyl carbamates (subject to hydrolysis) is 1. The summed E-state index contributed by atoms with van der Waals surface area (Å²) in [7, 11) is 0. The van der Waals surface area contributed by atoms with Gasteiger partial charge in [0.1, 0.15) is 18.2 Å². The number of piperidine rings is 1. The van der Waals surface area contributed by atoms with Crippen LogP contribution in [0.5, 0.6) is 0 Å². The van der Waals surface area contributed by atoms with Gasteiger partial charge in [0.25, 0.3) is 0 Å². The Bertz CT molecular complexity index is 959. The van der Waals surface area contributed by atoms with Gasteiger partial charge < -0.3 is 25.2 Å². The third-order valence-electron chi connectivity index (χ3n) is 8.32. The quantitative estimate of drug-likeness (QED) is 0.228. The number of unbranched alkanes of at least 4 members (excludes halogenated alkanes) is 7. The Balaban J connectivity index is 1.38. The van der Waals surface area contributed by atoms with Crippen molar-refractivity contribution in [1.29, 1.82) is 0 Å². The van der Waals surface area contributed by atoms with Crippen molar-refractivity contribution in [1.82, 2.24) is 20.4 Å². The first-order valence-corrected chi connectivity index (χ1v) is 16.0. The van der Waals surface area contributed by atoms with Crippen LogP contribution in [0.1, 0.15) is 103 Å². The highest BCUT2D eigenvalue weighted by Gasteiger charge is 2.52. The number of hydrogen-bond donors (Lipinski definition) is 2. The molecule has 0 bridgehead atoms. The smallest absolute Gasteiger partial charge is 0.407 e. The average Bonchev–Trinajstić information content (AvgIpc) is 2.99. The van der Waals surface area contributed by atoms with Gasteiger partial charge in [0.05, 0.1) is 0 Å². The number of nitrogens with one attached hydrogen (secondary N) is 2. The maximum absolute atomic E-state index is 13.5. The van der Waals surface area contributed by atoms with Crippen LogP contribution in [0.15, 0.2) is 42.6 Å². The number of rotatable bonds is 17. The molecule has 0 saturated carbocycles. The highest BCUT2D eigenvalue weighted by atomic mass is 16.5. The molecular formula is C33H52N4O4. The predicted molar refractivity (Wildman–Crippen MR) is 163 cm³/mol. The molecule has 8 nitrogen and oxygen atoms in total. The minimum absolute atomic E-state index is 0.00567. The van der Waals surface area contributed by atoms with Gasteiger partial charge in [-0.1, -0.05) is 82.4 Å². The number of likely N-dealkylation sites (tertiary alicyclic amines) is 1. The lowest BCUT2D eigenvalue weighted by Crippen LogP contribution is -2.72. The molecule has 2 N–H and O–H groups in total. The second-order valence-corrected chi connectivity index (χ2v) is 11.5. The van der Waals surface area contributed by atoms with Gasteiger partial charge in [0.15, 0.2) is 0 Å². The highest BCUT2D eigenvalue weighted by Crippen LogP contribution is 2.34. The van der Waals surface area contributed by atoms with Crippen molar-refractivity contribution >= 4 is 17.9 Å². The van der Waals surface area contributed by atoms with E-state index in [9.17, 15) is 14.4 Å². The van der Waals surface area contributed by atoms with E-state index in [1.807, 2.05) is 35.2 Å². The van der Waals surface area contributed by atoms with Crippen LogP contribution in [0.25, 0.3) is 0 Å². The summed E-state index contributed by atoms with van der Waals surface area (Å²) >= 11 is 0. The summed E-state index contributed by atoms with van der Waals surface area (Å²) in [5.41, 5.74) is 0.200. The first-order valence-electron chi connectivity index (χ1n) is 16.0. The monoisotopic (exact) mass is 568 g/mol. The van der Waals surface area contributed by atoms with Gasteiger partial charge in [-0.05, 0) is 63.1 Å². The van der Waals surface area contributed by atoms with Gasteiger partial charge in [0.2, 0.25) is 11.8 Å². The van der Waals surface area contributed by atoms with Gasteiger partial charge in [-0.3, -0.25) is 9.59 Å². The summed E-state index contributed by atoms with van der Waals surface area (Å²) in [4.78, 5) is 43.2. The van der Waals surface area contributed by atoms with Crippen LogP contribution in [-0.4, -0.2) is 65.5 Å². The lowest BCUT2D eigenvalue weighted by Gasteiger charge is -2.51. The maximum Gasteiger partial charge on any atom is 0.407 e. The van der Waals surface area contributed by atoms with Crippen molar-refractivity contribution < 1.29 is 19.1 Å². The Morgan fingerprint density at radius 2 is 1.73 bits per heavy atom. The van der Waals surface area contributed by atoms with Crippen LogP contribution < -0.4 is 10.6 Å². The van der Waals surface area contributed by atoms with Crippen LogP contribution in [0.2, 0.25) is 0 Å². The van der Waals surface area contributed by atoms with Crippen LogP contribution in [0, 0.1) is 0 Å². The molecule has 2 fully saturated rings. The van der Waals surface area contributed by atoms with Crippen molar-refractivity contribution in [3.8, 4) is 0 Å². The molecule has 1 atom stereocenters. The fraction of sp³-hybridized carbons (Fsp3) is 0.667. The molecule has 1 aromatic rings. The van der Waals surface area contributed by atoms with E-state index in [1.54, 1.807) is 0 Å². The molecule has 3 rings (SSSR count). The Morgan fingerprint density at radius 3 is 2.46 bits per heavy atom. The van der Waals surface area contributed by atoms with E-state index in [0.29, 0.717) is 38.8 Å². The minimum atomic E-state index is -0.739. The number of carbonyl (C=O) groups excluding carboxylic acids is 3. The summed E-state index contributed by atoms with van der Waals surface area (Å²) < 4.78 is 5.24. The molecule has 0 unspecified atom stereocenters. The Labute approximate surface area is 247 Å². The maximum atomic E-state index is 13.5. The minimum Gasteiger partial charge on any atom is -0.445 e. The van der Waals surface area contributed by atoms with Crippen molar-refractivity contribution in [3.05, 3.63) is 48.2 Å². The average molecular weight is 569 g/mol. The molecule has 0 aromatic heterocycles. The second kappa shape index (κ2) is 17.7. The Kier molecular flexibility index (Phi) is 14.0. The molecule has 2 aliphatic rings. The number of amides is 3. The Morgan fingerprint density at radius 1 is 1.00 bits per heavy atom. The number of piperazine rings is 1. The van der Waals surface area contributed by atoms with Crippen molar-refractivity contribution in [2.75, 3.05) is 26.2 Å². The SMILES string of the molecule is CCCCCCCC/C=C/N1CCC2(CC1)C(=O)N[C@@H](CCCCNC(=O)OCc1ccccc1)C(=O)N2CCC. The van der Waals surface area contributed by atoms with Crippen molar-refractivity contribution in [3.63, 3.8) is 0 Å². The molecule has 2 aliphatic heterocycles. The van der Waals surface area contributed by atoms with Crippen molar-refractivity contribution in [2.24, 2.45) is 0 Å². The predicted octanol–water partition coefficient (Wildman–Crippen LogP) is 5.92. The zero-order valence-electron chi connectivity index (χ0n) is 25.4. The van der Waals surface area contributed by atoms with Crippen LogP contribution in [-0.2, 0) is 20.9 Å². The van der Waals surface area contributed by atoms with E-state index in [1.165, 1.54) is 38.5 Å². The number of ether oxygens (including phenoxy) is 1. The molecule has 3 amide bonds. The van der Waals surface area contributed by atoms with E-state index in [2.05, 4.69) is 41.7 Å². The van der Waals surface area contributed by atoms with Gasteiger partial charge in [-0.25, -0.2) is 4.79 Å². The van der Waals surface area contributed by atoms with Crippen LogP contribution in [0.4, 0.5) is 4.79 Å². The van der Waals surface area contributed by atoms with E-state index in [0.717, 1.165) is 37.9 Å². The molecule has 1 aromatic carbocycles. The lowest BCUT2D eigenvalue weighted by atomic mass is 9.81. The molecule has 2 heterocycles. The van der Waals surface area contributed by atoms with E-state index < -0.39 is 17.7 Å². The molecule has 1 spiro atoms. The van der Waals surface area contributed by atoms with E-state index >= 15 is 0 Å². The topological polar surface area (TPSA) is 91.0 Å². The van der Waals surface area contributed by atoms with E-state index in [4.69, 9.17) is 4.74 Å². The first-order chi connectivity index (χ1) is 20.0. The normalized spacial score (nSPS) is 18.6. The summed E-state index contributed by atoms with van der Waals surface area (Å²) in [6, 6.07) is 9.05. The lowest BCUT2D eigenvalue weighted by molar-refractivity contribution is -0.161. The molecule has 8 heteroatoms. The molecule has 2 saturated heterocycles. The highest BCUT2D eigenvalue weighted by molar-refractivity contribution is 6.00. The zero-order chi connectivity index (χ0) is 29.3. The first kappa shape index (κ1) is 32.5. The molecular weight excluding hydrogens is 516 g/mol. The Hall–Kier alpha value is -3.03. The summed E-state index contributed by atoms with van der Waals surface area (Å²) in [6.07, 6.45) is 17.1. The van der Waals surface area contributed by atoms with Gasteiger partial charge >= 0.3 is 6.09 Å². The fourth-order valence-corrected chi connectivity index (χ4v) is 5.86. The number of carbonyl (C=O) groups is 3. The van der Waals surface area contributed by atoms with Crippen LogP contribution >= 0.6 is 0 Å². The molecule has 228 valence electrons.